The zero-order chi connectivity index (χ0) is 8.36. The maximum absolute atomic E-state index is 8.54. The third kappa shape index (κ3) is 18.8. The number of halogens is 2. The van der Waals surface area contributed by atoms with E-state index in [0.29, 0.717) is 0 Å². The Morgan fingerprint density at radius 2 is 1.00 bits per heavy atom. The summed E-state index contributed by atoms with van der Waals surface area (Å²) in [6.45, 7) is 0. The molecule has 0 atom stereocenters. The Balaban J connectivity index is -0.000000180. The predicted molar refractivity (Wildman–Crippen MR) is 42.4 cm³/mol. The van der Waals surface area contributed by atoms with Crippen molar-refractivity contribution >= 4 is 4.82 Å². The van der Waals surface area contributed by atoms with Crippen LogP contribution in [-0.2, 0) is 20.1 Å². The van der Waals surface area contributed by atoms with Gasteiger partial charge in [-0.15, -0.1) is 0 Å². The molecule has 4 heteroatoms. The van der Waals surface area contributed by atoms with Crippen LogP contribution in [0, 0.1) is 0 Å². The summed E-state index contributed by atoms with van der Waals surface area (Å²) in [5, 5.41) is 0. The van der Waals surface area contributed by atoms with Gasteiger partial charge in [-0.1, -0.05) is 24.3 Å². The van der Waals surface area contributed by atoms with Crippen LogP contribution in [0.4, 0.5) is 0 Å². The van der Waals surface area contributed by atoms with Gasteiger partial charge in [0, 0.05) is 0 Å². The van der Waals surface area contributed by atoms with Gasteiger partial charge in [0.15, 0.2) is 0 Å². The van der Waals surface area contributed by atoms with E-state index in [0.717, 1.165) is 0 Å². The van der Waals surface area contributed by atoms with E-state index in [-0.39, 0.29) is 24.8 Å². The molecule has 0 heterocycles. The van der Waals surface area contributed by atoms with Gasteiger partial charge in [0.05, 0.1) is 0 Å². The van der Waals surface area contributed by atoms with Gasteiger partial charge in [-0.05, 0) is 25.7 Å². The number of carbonyl (C=O) groups excluding carboxylic acids is 1. The second-order valence-electron chi connectivity index (χ2n) is 2.17. The Hall–Kier alpha value is 0.146. The van der Waals surface area contributed by atoms with E-state index in [2.05, 4.69) is 39.6 Å². The minimum absolute atomic E-state index is 0. The molecule has 13 heavy (non-hydrogen) atoms. The molecule has 0 aromatic carbocycles. The molecule has 0 aromatic rings. The molecule has 0 saturated heterocycles. The third-order valence-electron chi connectivity index (χ3n) is 1.33. The summed E-state index contributed by atoms with van der Waals surface area (Å²) >= 11 is 3.02. The second kappa shape index (κ2) is 18.0. The molecule has 1 aliphatic carbocycles. The largest absolute Gasteiger partial charge is 1.00 e. The monoisotopic (exact) mass is 265 g/mol. The van der Waals surface area contributed by atoms with Crippen LogP contribution >= 0.6 is 0 Å². The number of allylic oxidation sites excluding steroid dienone is 4. The quantitative estimate of drug-likeness (QED) is 0.412. The van der Waals surface area contributed by atoms with Gasteiger partial charge in [0.25, 0.3) is 0 Å². The predicted octanol–water partition coefficient (Wildman–Crippen LogP) is -3.72. The summed E-state index contributed by atoms with van der Waals surface area (Å²) in [5.74, 6) is 0. The van der Waals surface area contributed by atoms with Gasteiger partial charge in [-0.3, -0.25) is 0 Å². The van der Waals surface area contributed by atoms with Crippen molar-refractivity contribution in [3.8, 4) is 0 Å². The van der Waals surface area contributed by atoms with E-state index in [1.165, 1.54) is 30.5 Å². The average molecular weight is 266 g/mol. The molecule has 0 radical (unpaired) electrons. The van der Waals surface area contributed by atoms with Crippen LogP contribution < -0.4 is 24.8 Å². The Bertz CT molecular complexity index is 146. The van der Waals surface area contributed by atoms with Crippen molar-refractivity contribution in [1.29, 1.82) is 0 Å². The van der Waals surface area contributed by atoms with E-state index in [1.54, 1.807) is 0 Å². The summed E-state index contributed by atoms with van der Waals surface area (Å²) in [5.41, 5.74) is 0. The molecule has 0 N–H and O–H groups in total. The minimum Gasteiger partial charge on any atom is -1.00 e. The summed E-state index contributed by atoms with van der Waals surface area (Å²) in [7, 11) is 0. The van der Waals surface area contributed by atoms with Gasteiger partial charge in [0.1, 0.15) is 0 Å². The molecule has 0 spiro atoms. The molecule has 0 amide bonds. The molecule has 0 saturated carbocycles. The van der Waals surface area contributed by atoms with Crippen molar-refractivity contribution in [2.45, 2.75) is 25.7 Å². The maximum atomic E-state index is 8.54. The van der Waals surface area contributed by atoms with Crippen LogP contribution in [0.15, 0.2) is 24.3 Å². The van der Waals surface area contributed by atoms with Crippen molar-refractivity contribution < 1.29 is 44.9 Å². The van der Waals surface area contributed by atoms with Gasteiger partial charge >= 0.3 is 24.9 Å². The number of hydrogen-bond donors (Lipinski definition) is 0. The first-order valence-electron chi connectivity index (χ1n) is 3.67. The van der Waals surface area contributed by atoms with Crippen molar-refractivity contribution in [3.05, 3.63) is 24.3 Å². The Kier molecular flexibility index (Phi) is 26.1. The Morgan fingerprint density at radius 3 is 1.15 bits per heavy atom. The summed E-state index contributed by atoms with van der Waals surface area (Å²) < 4.78 is 0. The van der Waals surface area contributed by atoms with Crippen molar-refractivity contribution in [1.82, 2.24) is 0 Å². The molecular weight excluding hydrogens is 254 g/mol. The first-order chi connectivity index (χ1) is 5.41. The first-order valence-corrected chi connectivity index (χ1v) is 4.19. The molecule has 77 valence electrons. The van der Waals surface area contributed by atoms with Gasteiger partial charge in [-0.2, -0.15) is 0 Å². The van der Waals surface area contributed by atoms with Crippen LogP contribution in [-0.4, -0.2) is 4.82 Å². The first kappa shape index (κ1) is 18.8. The van der Waals surface area contributed by atoms with E-state index in [1.807, 2.05) is 0 Å². The van der Waals surface area contributed by atoms with E-state index >= 15 is 0 Å². The van der Waals surface area contributed by atoms with Crippen LogP contribution in [0.25, 0.3) is 0 Å². The smallest absolute Gasteiger partial charge is 1.00 e. The van der Waals surface area contributed by atoms with Gasteiger partial charge in [-0.25, -0.2) is 0 Å². The van der Waals surface area contributed by atoms with Crippen molar-refractivity contribution in [2.24, 2.45) is 0 Å². The molecule has 0 fully saturated rings. The van der Waals surface area contributed by atoms with Crippen LogP contribution in [0.1, 0.15) is 25.7 Å². The maximum Gasteiger partial charge on any atom is -1.00 e. The zero-order valence-electron chi connectivity index (χ0n) is 7.14. The molecule has 1 rings (SSSR count). The van der Waals surface area contributed by atoms with E-state index in [9.17, 15) is 0 Å². The number of hydrogen-bond acceptors (Lipinski definition) is 1. The standard InChI is InChI=1S/C8H12.CO.2ClH.Co/c1-2-4-6-8-7-5-3-1;1-2;;;/h1-2,7-8H,3-6H2;;2*1H;/q;;;;+2/p-2. The molecule has 0 unspecified atom stereocenters. The fraction of sp³-hybridized carbons (Fsp3) is 0.444. The van der Waals surface area contributed by atoms with Gasteiger partial charge in [0.2, 0.25) is 0 Å². The molecule has 0 bridgehead atoms. The van der Waals surface area contributed by atoms with Crippen LogP contribution in [0.2, 0.25) is 0 Å². The van der Waals surface area contributed by atoms with Crippen LogP contribution in [0.5, 0.6) is 0 Å². The van der Waals surface area contributed by atoms with Gasteiger partial charge < -0.3 is 24.8 Å². The molecule has 1 aliphatic rings. The topological polar surface area (TPSA) is 17.1 Å². The minimum atomic E-state index is 0. The molecular formula is C9H12Cl2CoO. The Morgan fingerprint density at radius 1 is 0.846 bits per heavy atom. The molecule has 1 nitrogen and oxygen atoms in total. The normalized spacial score (nSPS) is 12.9. The van der Waals surface area contributed by atoms with Crippen molar-refractivity contribution in [2.75, 3.05) is 0 Å². The van der Waals surface area contributed by atoms with Crippen molar-refractivity contribution in [3.63, 3.8) is 0 Å². The summed E-state index contributed by atoms with van der Waals surface area (Å²) in [6.07, 6.45) is 14.0. The van der Waals surface area contributed by atoms with E-state index < -0.39 is 0 Å². The fourth-order valence-electron chi connectivity index (χ4n) is 0.856. The van der Waals surface area contributed by atoms with Crippen LogP contribution in [0.3, 0.4) is 0 Å². The SMILES string of the molecule is C1=CCCC=CCC1.O=[C]=[Co+2].[Cl-].[Cl-]. The summed E-state index contributed by atoms with van der Waals surface area (Å²) in [4.78, 5) is 9.73. The second-order valence-corrected chi connectivity index (χ2v) is 2.38. The summed E-state index contributed by atoms with van der Waals surface area (Å²) in [6, 6.07) is 0. The Labute approximate surface area is 99.6 Å². The molecule has 0 aromatic heterocycles. The average Bonchev–Trinajstić information content (AvgIpc) is 1.86. The third-order valence-corrected chi connectivity index (χ3v) is 1.33. The number of rotatable bonds is 0. The molecule has 0 aliphatic heterocycles. The fourth-order valence-corrected chi connectivity index (χ4v) is 0.856. The zero-order valence-corrected chi connectivity index (χ0v) is 9.69. The van der Waals surface area contributed by atoms with E-state index in [4.69, 9.17) is 4.79 Å².